The van der Waals surface area contributed by atoms with Crippen LogP contribution in [0.5, 0.6) is 5.75 Å². The lowest BCUT2D eigenvalue weighted by Gasteiger charge is -2.07. The van der Waals surface area contributed by atoms with Gasteiger partial charge in [-0.1, -0.05) is 18.2 Å². The van der Waals surface area contributed by atoms with E-state index in [1.807, 2.05) is 18.2 Å². The molecule has 0 aliphatic carbocycles. The van der Waals surface area contributed by atoms with Crippen molar-refractivity contribution in [1.82, 2.24) is 5.32 Å². The summed E-state index contributed by atoms with van der Waals surface area (Å²) in [5.74, 6) is 1.36. The van der Waals surface area contributed by atoms with E-state index in [0.29, 0.717) is 5.75 Å². The van der Waals surface area contributed by atoms with Crippen LogP contribution in [-0.4, -0.2) is 18.9 Å². The molecule has 1 amide bonds. The fourth-order valence-corrected chi connectivity index (χ4v) is 1.68. The molecule has 0 radical (unpaired) electrons. The summed E-state index contributed by atoms with van der Waals surface area (Å²) in [6.45, 7) is 3.64. The van der Waals surface area contributed by atoms with Crippen molar-refractivity contribution < 1.29 is 9.53 Å². The Balaban J connectivity index is 2.76. The molecule has 4 heteroatoms. The summed E-state index contributed by atoms with van der Waals surface area (Å²) in [6, 6.07) is 7.41. The number of rotatable bonds is 4. The lowest BCUT2D eigenvalue weighted by Crippen LogP contribution is -2.22. The number of thioether (sulfide) groups is 1. The lowest BCUT2D eigenvalue weighted by molar-refractivity contribution is 0.202. The van der Waals surface area contributed by atoms with Crippen LogP contribution < -0.4 is 10.1 Å². The maximum Gasteiger partial charge on any atom is 0.412 e. The summed E-state index contributed by atoms with van der Waals surface area (Å²) >= 11 is 1.58. The predicted octanol–water partition coefficient (Wildman–Crippen LogP) is 2.68. The third-order valence-electron chi connectivity index (χ3n) is 1.61. The molecule has 0 bridgehead atoms. The van der Waals surface area contributed by atoms with Gasteiger partial charge in [0.2, 0.25) is 0 Å². The van der Waals surface area contributed by atoms with Gasteiger partial charge in [-0.05, 0) is 12.1 Å². The highest BCUT2D eigenvalue weighted by Crippen LogP contribution is 2.28. The van der Waals surface area contributed by atoms with E-state index in [-0.39, 0.29) is 0 Å². The fraction of sp³-hybridized carbons (Fsp3) is 0.182. The Labute approximate surface area is 93.5 Å². The van der Waals surface area contributed by atoms with Gasteiger partial charge in [0.1, 0.15) is 5.75 Å². The summed E-state index contributed by atoms with van der Waals surface area (Å²) in [4.78, 5) is 12.0. The van der Waals surface area contributed by atoms with Crippen molar-refractivity contribution in [3.63, 3.8) is 0 Å². The Hall–Kier alpha value is -1.42. The number of carbonyl (C=O) groups is 1. The third kappa shape index (κ3) is 3.67. The molecular formula is C11H13NO2S. The zero-order valence-electron chi connectivity index (χ0n) is 8.53. The van der Waals surface area contributed by atoms with E-state index in [0.717, 1.165) is 10.6 Å². The van der Waals surface area contributed by atoms with E-state index in [1.54, 1.807) is 23.9 Å². The van der Waals surface area contributed by atoms with E-state index in [4.69, 9.17) is 4.74 Å². The van der Waals surface area contributed by atoms with Gasteiger partial charge >= 0.3 is 6.09 Å². The molecule has 1 aromatic carbocycles. The van der Waals surface area contributed by atoms with Crippen LogP contribution >= 0.6 is 11.8 Å². The van der Waals surface area contributed by atoms with Gasteiger partial charge in [0, 0.05) is 12.8 Å². The Bertz CT molecular complexity index is 352. The van der Waals surface area contributed by atoms with Crippen LogP contribution in [0.15, 0.2) is 41.8 Å². The molecule has 80 valence electrons. The van der Waals surface area contributed by atoms with Gasteiger partial charge in [-0.25, -0.2) is 4.79 Å². The molecule has 0 heterocycles. The van der Waals surface area contributed by atoms with Gasteiger partial charge in [-0.2, -0.15) is 0 Å². The normalized spacial score (nSPS) is 9.40. The average molecular weight is 223 g/mol. The third-order valence-corrected chi connectivity index (χ3v) is 2.66. The quantitative estimate of drug-likeness (QED) is 0.630. The summed E-state index contributed by atoms with van der Waals surface area (Å²) in [7, 11) is 1.53. The van der Waals surface area contributed by atoms with Crippen molar-refractivity contribution >= 4 is 17.9 Å². The van der Waals surface area contributed by atoms with Crippen LogP contribution in [0.3, 0.4) is 0 Å². The zero-order chi connectivity index (χ0) is 11.1. The maximum atomic E-state index is 11.0. The number of hydrogen-bond acceptors (Lipinski definition) is 3. The number of ether oxygens (including phenoxy) is 1. The molecular weight excluding hydrogens is 210 g/mol. The van der Waals surface area contributed by atoms with Crippen LogP contribution in [0.1, 0.15) is 0 Å². The topological polar surface area (TPSA) is 38.3 Å². The highest BCUT2D eigenvalue weighted by Gasteiger charge is 2.06. The molecule has 0 unspecified atom stereocenters. The molecule has 1 rings (SSSR count). The number of carbonyl (C=O) groups excluding carboxylic acids is 1. The van der Waals surface area contributed by atoms with Gasteiger partial charge in [0.05, 0.1) is 4.90 Å². The summed E-state index contributed by atoms with van der Waals surface area (Å²) in [5.41, 5.74) is 0. The summed E-state index contributed by atoms with van der Waals surface area (Å²) < 4.78 is 5.09. The SMILES string of the molecule is C=CCSc1ccccc1OC(=O)NC. The number of amides is 1. The van der Waals surface area contributed by atoms with E-state index < -0.39 is 6.09 Å². The van der Waals surface area contributed by atoms with Gasteiger partial charge in [0.25, 0.3) is 0 Å². The minimum Gasteiger partial charge on any atom is -0.409 e. The number of nitrogens with one attached hydrogen (secondary N) is 1. The van der Waals surface area contributed by atoms with E-state index >= 15 is 0 Å². The maximum absolute atomic E-state index is 11.0. The van der Waals surface area contributed by atoms with Crippen molar-refractivity contribution in [2.45, 2.75) is 4.90 Å². The van der Waals surface area contributed by atoms with Crippen molar-refractivity contribution in [3.05, 3.63) is 36.9 Å². The Morgan fingerprint density at radius 3 is 3.00 bits per heavy atom. The highest BCUT2D eigenvalue weighted by molar-refractivity contribution is 7.99. The second-order valence-corrected chi connectivity index (χ2v) is 3.75. The Morgan fingerprint density at radius 2 is 2.33 bits per heavy atom. The molecule has 0 saturated carbocycles. The van der Waals surface area contributed by atoms with Crippen molar-refractivity contribution in [3.8, 4) is 5.75 Å². The molecule has 0 atom stereocenters. The first-order valence-electron chi connectivity index (χ1n) is 4.50. The smallest absolute Gasteiger partial charge is 0.409 e. The average Bonchev–Trinajstić information content (AvgIpc) is 2.28. The van der Waals surface area contributed by atoms with Crippen LogP contribution in [0, 0.1) is 0 Å². The fourth-order valence-electron chi connectivity index (χ4n) is 0.953. The molecule has 1 N–H and O–H groups in total. The van der Waals surface area contributed by atoms with Crippen LogP contribution in [0.25, 0.3) is 0 Å². The first-order valence-corrected chi connectivity index (χ1v) is 5.48. The van der Waals surface area contributed by atoms with Gasteiger partial charge < -0.3 is 10.1 Å². The van der Waals surface area contributed by atoms with Crippen LogP contribution in [0.2, 0.25) is 0 Å². The second-order valence-electron chi connectivity index (χ2n) is 2.69. The molecule has 1 aromatic rings. The zero-order valence-corrected chi connectivity index (χ0v) is 9.34. The van der Waals surface area contributed by atoms with Crippen molar-refractivity contribution in [2.75, 3.05) is 12.8 Å². The number of benzene rings is 1. The predicted molar refractivity (Wildman–Crippen MR) is 62.4 cm³/mol. The second kappa shape index (κ2) is 6.14. The molecule has 0 fully saturated rings. The van der Waals surface area contributed by atoms with Gasteiger partial charge in [0.15, 0.2) is 0 Å². The molecule has 0 aliphatic rings. The van der Waals surface area contributed by atoms with Crippen molar-refractivity contribution in [2.24, 2.45) is 0 Å². The molecule has 3 nitrogen and oxygen atoms in total. The Kier molecular flexibility index (Phi) is 4.77. The van der Waals surface area contributed by atoms with Crippen molar-refractivity contribution in [1.29, 1.82) is 0 Å². The molecule has 0 aliphatic heterocycles. The van der Waals surface area contributed by atoms with Gasteiger partial charge in [-0.15, -0.1) is 18.3 Å². The number of para-hydroxylation sites is 1. The van der Waals surface area contributed by atoms with E-state index in [2.05, 4.69) is 11.9 Å². The first-order chi connectivity index (χ1) is 7.27. The minimum absolute atomic E-state index is 0.457. The van der Waals surface area contributed by atoms with E-state index in [9.17, 15) is 4.79 Å². The largest absolute Gasteiger partial charge is 0.412 e. The summed E-state index contributed by atoms with van der Waals surface area (Å²) in [5, 5.41) is 2.41. The van der Waals surface area contributed by atoms with Crippen LogP contribution in [0.4, 0.5) is 4.79 Å². The van der Waals surface area contributed by atoms with Gasteiger partial charge in [-0.3, -0.25) is 0 Å². The van der Waals surface area contributed by atoms with E-state index in [1.165, 1.54) is 7.05 Å². The molecule has 0 saturated heterocycles. The molecule has 15 heavy (non-hydrogen) atoms. The highest BCUT2D eigenvalue weighted by atomic mass is 32.2. The molecule has 0 spiro atoms. The Morgan fingerprint density at radius 1 is 1.60 bits per heavy atom. The monoisotopic (exact) mass is 223 g/mol. The minimum atomic E-state index is -0.457. The number of hydrogen-bond donors (Lipinski definition) is 1. The molecule has 0 aromatic heterocycles. The lowest BCUT2D eigenvalue weighted by atomic mass is 10.3. The first kappa shape index (κ1) is 11.7. The standard InChI is InChI=1S/C11H13NO2S/c1-3-8-15-10-7-5-4-6-9(10)14-11(13)12-2/h3-7H,1,8H2,2H3,(H,12,13). The van der Waals surface area contributed by atoms with Crippen LogP contribution in [-0.2, 0) is 0 Å². The summed E-state index contributed by atoms with van der Waals surface area (Å²) in [6.07, 6.45) is 1.35.